The second kappa shape index (κ2) is 6.30. The Balaban J connectivity index is 2.09. The number of rotatable bonds is 2. The molecule has 1 aromatic heterocycles. The molecular weight excluding hydrogens is 342 g/mol. The third-order valence-corrected chi connectivity index (χ3v) is 4.37. The van der Waals surface area contributed by atoms with E-state index < -0.39 is 6.43 Å². The summed E-state index contributed by atoms with van der Waals surface area (Å²) in [7, 11) is 0. The Labute approximate surface area is 148 Å². The molecule has 3 aromatic rings. The average molecular weight is 355 g/mol. The minimum Gasteiger partial charge on any atom is -0.361 e. The van der Waals surface area contributed by atoms with Crippen molar-refractivity contribution in [2.24, 2.45) is 0 Å². The van der Waals surface area contributed by atoms with E-state index in [9.17, 15) is 8.78 Å². The first-order chi connectivity index (χ1) is 12.1. The molecule has 25 heavy (non-hydrogen) atoms. The van der Waals surface area contributed by atoms with Crippen LogP contribution in [-0.2, 0) is 0 Å². The monoisotopic (exact) mass is 354 g/mol. The van der Waals surface area contributed by atoms with Gasteiger partial charge in [-0.3, -0.25) is 0 Å². The Kier molecular flexibility index (Phi) is 3.98. The Morgan fingerprint density at radius 2 is 1.88 bits per heavy atom. The first-order valence-corrected chi connectivity index (χ1v) is 8.13. The van der Waals surface area contributed by atoms with Gasteiger partial charge in [0.25, 0.3) is 6.43 Å². The summed E-state index contributed by atoms with van der Waals surface area (Å²) in [4.78, 5) is 4.65. The summed E-state index contributed by atoms with van der Waals surface area (Å²) < 4.78 is 27.7. The molecule has 124 valence electrons. The minimum absolute atomic E-state index is 0.0374. The van der Waals surface area contributed by atoms with Gasteiger partial charge in [-0.05, 0) is 30.4 Å². The number of para-hydroxylation sites is 1. The first-order valence-electron chi connectivity index (χ1n) is 7.75. The fourth-order valence-corrected chi connectivity index (χ4v) is 3.22. The lowest BCUT2D eigenvalue weighted by molar-refractivity contribution is 0.155. The molecule has 4 rings (SSSR count). The van der Waals surface area contributed by atoms with Crippen LogP contribution in [0.5, 0.6) is 0 Å². The Morgan fingerprint density at radius 1 is 1.00 bits per heavy atom. The number of fused-ring (bicyclic) bond motifs is 2. The van der Waals surface area contributed by atoms with Crippen LogP contribution in [0.2, 0.25) is 5.02 Å². The number of allylic oxidation sites excluding steroid dienone is 4. The number of alkyl halides is 2. The summed E-state index contributed by atoms with van der Waals surface area (Å²) in [5, 5.41) is 4.39. The standard InChI is InChI=1S/C20H13ClF2N2/c21-12-8-9-17-15(11-12)18(20(22)23)14-6-4-5-13(19(14)25-17)16-7-2-1-3-10-24-16/h1-11,20,24H. The van der Waals surface area contributed by atoms with Crippen LogP contribution in [0, 0.1) is 0 Å². The second-order valence-corrected chi connectivity index (χ2v) is 6.09. The Morgan fingerprint density at radius 3 is 2.72 bits per heavy atom. The van der Waals surface area contributed by atoms with Crippen LogP contribution in [0.3, 0.4) is 0 Å². The molecule has 1 aliphatic heterocycles. The quantitative estimate of drug-likeness (QED) is 0.571. The molecule has 0 unspecified atom stereocenters. The van der Waals surface area contributed by atoms with Gasteiger partial charge in [-0.2, -0.15) is 0 Å². The third-order valence-electron chi connectivity index (χ3n) is 4.14. The summed E-state index contributed by atoms with van der Waals surface area (Å²) >= 11 is 6.01. The second-order valence-electron chi connectivity index (χ2n) is 5.66. The van der Waals surface area contributed by atoms with E-state index >= 15 is 0 Å². The van der Waals surface area contributed by atoms with Gasteiger partial charge in [0, 0.05) is 38.8 Å². The Hall–Kier alpha value is -2.72. The molecular formula is C20H13ClF2N2. The van der Waals surface area contributed by atoms with E-state index in [1.807, 2.05) is 30.4 Å². The summed E-state index contributed by atoms with van der Waals surface area (Å²) in [5.74, 6) is 0. The van der Waals surface area contributed by atoms with Crippen molar-refractivity contribution < 1.29 is 8.78 Å². The summed E-state index contributed by atoms with van der Waals surface area (Å²) in [6, 6.07) is 10.2. The van der Waals surface area contributed by atoms with Crippen molar-refractivity contribution in [2.75, 3.05) is 0 Å². The van der Waals surface area contributed by atoms with Crippen molar-refractivity contribution in [3.63, 3.8) is 0 Å². The van der Waals surface area contributed by atoms with E-state index in [1.54, 1.807) is 36.5 Å². The van der Waals surface area contributed by atoms with E-state index in [0.29, 0.717) is 26.8 Å². The highest BCUT2D eigenvalue weighted by Gasteiger charge is 2.20. The lowest BCUT2D eigenvalue weighted by Crippen LogP contribution is -2.05. The van der Waals surface area contributed by atoms with Gasteiger partial charge in [-0.15, -0.1) is 0 Å². The maximum atomic E-state index is 13.9. The number of aromatic nitrogens is 1. The molecule has 1 aliphatic rings. The van der Waals surface area contributed by atoms with E-state index in [-0.39, 0.29) is 5.56 Å². The molecule has 0 saturated heterocycles. The first kappa shape index (κ1) is 15.8. The highest BCUT2D eigenvalue weighted by atomic mass is 35.5. The van der Waals surface area contributed by atoms with Crippen molar-refractivity contribution >= 4 is 39.1 Å². The normalized spacial score (nSPS) is 14.0. The van der Waals surface area contributed by atoms with Gasteiger partial charge < -0.3 is 5.32 Å². The minimum atomic E-state index is -2.63. The molecule has 0 atom stereocenters. The molecule has 0 saturated carbocycles. The van der Waals surface area contributed by atoms with Gasteiger partial charge in [0.1, 0.15) is 0 Å². The third kappa shape index (κ3) is 2.79. The maximum absolute atomic E-state index is 13.9. The molecule has 5 heteroatoms. The fraction of sp³-hybridized carbons (Fsp3) is 0.0500. The largest absolute Gasteiger partial charge is 0.361 e. The van der Waals surface area contributed by atoms with E-state index in [4.69, 9.17) is 11.6 Å². The zero-order valence-corrected chi connectivity index (χ0v) is 13.8. The zero-order valence-electron chi connectivity index (χ0n) is 13.0. The van der Waals surface area contributed by atoms with Crippen LogP contribution in [0.25, 0.3) is 27.5 Å². The van der Waals surface area contributed by atoms with Crippen LogP contribution < -0.4 is 5.32 Å². The van der Waals surface area contributed by atoms with Crippen LogP contribution in [-0.4, -0.2) is 4.98 Å². The van der Waals surface area contributed by atoms with Crippen molar-refractivity contribution in [1.82, 2.24) is 10.3 Å². The molecule has 2 heterocycles. The molecule has 2 nitrogen and oxygen atoms in total. The number of pyridine rings is 1. The smallest absolute Gasteiger partial charge is 0.265 e. The van der Waals surface area contributed by atoms with Gasteiger partial charge in [0.2, 0.25) is 0 Å². The molecule has 0 radical (unpaired) electrons. The van der Waals surface area contributed by atoms with Gasteiger partial charge in [0.05, 0.1) is 11.0 Å². The van der Waals surface area contributed by atoms with E-state index in [0.717, 1.165) is 11.3 Å². The summed E-state index contributed by atoms with van der Waals surface area (Å²) in [5.41, 5.74) is 2.57. The van der Waals surface area contributed by atoms with Crippen LogP contribution in [0.15, 0.2) is 66.9 Å². The number of halogens is 3. The van der Waals surface area contributed by atoms with Gasteiger partial charge in [-0.1, -0.05) is 42.0 Å². The predicted octanol–water partition coefficient (Wildman–Crippen LogP) is 5.99. The fourth-order valence-electron chi connectivity index (χ4n) is 3.05. The average Bonchev–Trinajstić information content (AvgIpc) is 2.88. The molecule has 0 fully saturated rings. The SMILES string of the molecule is FC(F)c1c2cc(Cl)ccc2nc2c(C3=CC=CC=CN3)cccc12. The lowest BCUT2D eigenvalue weighted by atomic mass is 9.99. The van der Waals surface area contributed by atoms with Gasteiger partial charge in [-0.25, -0.2) is 13.8 Å². The van der Waals surface area contributed by atoms with Crippen molar-refractivity contribution in [1.29, 1.82) is 0 Å². The van der Waals surface area contributed by atoms with E-state index in [2.05, 4.69) is 10.3 Å². The Bertz CT molecular complexity index is 1070. The highest BCUT2D eigenvalue weighted by Crippen LogP contribution is 2.36. The van der Waals surface area contributed by atoms with E-state index in [1.165, 1.54) is 0 Å². The molecule has 2 aromatic carbocycles. The number of benzene rings is 2. The van der Waals surface area contributed by atoms with Crippen LogP contribution in [0.4, 0.5) is 8.78 Å². The van der Waals surface area contributed by atoms with Gasteiger partial charge >= 0.3 is 0 Å². The van der Waals surface area contributed by atoms with Gasteiger partial charge in [0.15, 0.2) is 0 Å². The summed E-state index contributed by atoms with van der Waals surface area (Å²) in [6.07, 6.45) is 6.70. The van der Waals surface area contributed by atoms with Crippen molar-refractivity contribution in [3.05, 3.63) is 83.1 Å². The molecule has 0 aliphatic carbocycles. The molecule has 0 bridgehead atoms. The summed E-state index contributed by atoms with van der Waals surface area (Å²) in [6.45, 7) is 0. The van der Waals surface area contributed by atoms with Crippen LogP contribution >= 0.6 is 11.6 Å². The molecule has 0 amide bonds. The van der Waals surface area contributed by atoms with Crippen LogP contribution in [0.1, 0.15) is 17.6 Å². The molecule has 1 N–H and O–H groups in total. The number of hydrogen-bond acceptors (Lipinski definition) is 2. The lowest BCUT2D eigenvalue weighted by Gasteiger charge is -2.14. The van der Waals surface area contributed by atoms with Crippen molar-refractivity contribution in [3.8, 4) is 0 Å². The maximum Gasteiger partial charge on any atom is 0.265 e. The predicted molar refractivity (Wildman–Crippen MR) is 98.6 cm³/mol. The zero-order chi connectivity index (χ0) is 17.4. The van der Waals surface area contributed by atoms with Crippen molar-refractivity contribution in [2.45, 2.75) is 6.43 Å². The number of nitrogens with one attached hydrogen (secondary N) is 1. The molecule has 0 spiro atoms. The highest BCUT2D eigenvalue weighted by molar-refractivity contribution is 6.31. The number of nitrogens with zero attached hydrogens (tertiary/aromatic N) is 1. The topological polar surface area (TPSA) is 24.9 Å². The number of hydrogen-bond donors (Lipinski definition) is 1.